The van der Waals surface area contributed by atoms with Gasteiger partial charge in [-0.1, -0.05) is 19.9 Å². The van der Waals surface area contributed by atoms with Crippen LogP contribution in [0.5, 0.6) is 0 Å². The first kappa shape index (κ1) is 15.4. The van der Waals surface area contributed by atoms with Gasteiger partial charge < -0.3 is 10.1 Å². The Balaban J connectivity index is 1.94. The van der Waals surface area contributed by atoms with Crippen molar-refractivity contribution in [2.45, 2.75) is 52.3 Å². The third-order valence-corrected chi connectivity index (χ3v) is 4.67. The molecule has 3 unspecified atom stereocenters. The van der Waals surface area contributed by atoms with Crippen LogP contribution in [0.25, 0.3) is 0 Å². The van der Waals surface area contributed by atoms with E-state index in [1.807, 2.05) is 6.92 Å². The lowest BCUT2D eigenvalue weighted by molar-refractivity contribution is -0.126. The fraction of sp³-hybridized carbons (Fsp3) is 0.625. The molecule has 0 bridgehead atoms. The Bertz CT molecular complexity index is 466. The quantitative estimate of drug-likeness (QED) is 0.860. The van der Waals surface area contributed by atoms with Crippen LogP contribution in [-0.4, -0.2) is 18.8 Å². The molecular formula is C16H23F2NO. The minimum atomic E-state index is -0.537. The molecule has 4 heteroatoms. The molecule has 0 saturated heterocycles. The topological polar surface area (TPSA) is 21.3 Å². The Hall–Kier alpha value is -1.00. The zero-order valence-electron chi connectivity index (χ0n) is 12.4. The molecule has 0 heterocycles. The Morgan fingerprint density at radius 3 is 2.70 bits per heavy atom. The Kier molecular flexibility index (Phi) is 4.76. The van der Waals surface area contributed by atoms with Crippen molar-refractivity contribution in [1.29, 1.82) is 0 Å². The maximum absolute atomic E-state index is 13.6. The lowest BCUT2D eigenvalue weighted by Gasteiger charge is -2.53. The summed E-state index contributed by atoms with van der Waals surface area (Å²) in [5.74, 6) is -1.03. The number of ether oxygens (including phenoxy) is 1. The van der Waals surface area contributed by atoms with E-state index in [2.05, 4.69) is 19.2 Å². The number of halogens is 2. The van der Waals surface area contributed by atoms with Crippen LogP contribution in [0.3, 0.4) is 0 Å². The van der Waals surface area contributed by atoms with Crippen molar-refractivity contribution in [2.24, 2.45) is 5.41 Å². The van der Waals surface area contributed by atoms with Gasteiger partial charge in [-0.3, -0.25) is 0 Å². The monoisotopic (exact) mass is 283 g/mol. The van der Waals surface area contributed by atoms with Gasteiger partial charge in [-0.25, -0.2) is 8.78 Å². The summed E-state index contributed by atoms with van der Waals surface area (Å²) in [5, 5.41) is 3.38. The van der Waals surface area contributed by atoms with E-state index in [1.54, 1.807) is 0 Å². The molecule has 1 aromatic rings. The largest absolute Gasteiger partial charge is 0.378 e. The number of benzene rings is 1. The van der Waals surface area contributed by atoms with E-state index in [0.29, 0.717) is 18.2 Å². The Morgan fingerprint density at radius 2 is 2.10 bits per heavy atom. The van der Waals surface area contributed by atoms with E-state index in [1.165, 1.54) is 12.1 Å². The summed E-state index contributed by atoms with van der Waals surface area (Å²) in [5.41, 5.74) is 0.594. The summed E-state index contributed by atoms with van der Waals surface area (Å²) in [7, 11) is 0. The second-order valence-corrected chi connectivity index (χ2v) is 5.71. The lowest BCUT2D eigenvalue weighted by Crippen LogP contribution is -2.62. The number of nitrogens with one attached hydrogen (secondary N) is 1. The van der Waals surface area contributed by atoms with Gasteiger partial charge in [-0.2, -0.15) is 0 Å². The van der Waals surface area contributed by atoms with Crippen molar-refractivity contribution in [2.75, 3.05) is 6.61 Å². The minimum absolute atomic E-state index is 0.0898. The summed E-state index contributed by atoms with van der Waals surface area (Å²) in [6.45, 7) is 7.50. The van der Waals surface area contributed by atoms with Crippen molar-refractivity contribution in [3.63, 3.8) is 0 Å². The van der Waals surface area contributed by atoms with Crippen LogP contribution in [0.2, 0.25) is 0 Å². The second kappa shape index (κ2) is 6.19. The average molecular weight is 283 g/mol. The summed E-state index contributed by atoms with van der Waals surface area (Å²) >= 11 is 0. The maximum atomic E-state index is 13.6. The molecule has 1 saturated carbocycles. The Labute approximate surface area is 119 Å². The van der Waals surface area contributed by atoms with Crippen LogP contribution >= 0.6 is 0 Å². The van der Waals surface area contributed by atoms with Crippen LogP contribution in [-0.2, 0) is 11.3 Å². The molecule has 1 aliphatic rings. The average Bonchev–Trinajstić information content (AvgIpc) is 2.42. The number of hydrogen-bond acceptors (Lipinski definition) is 2. The normalized spacial score (nSPS) is 29.2. The fourth-order valence-electron chi connectivity index (χ4n) is 2.96. The molecule has 3 atom stereocenters. The molecule has 0 aromatic heterocycles. The van der Waals surface area contributed by atoms with Gasteiger partial charge in [0.25, 0.3) is 0 Å². The smallest absolute Gasteiger partial charge is 0.130 e. The molecular weight excluding hydrogens is 260 g/mol. The van der Waals surface area contributed by atoms with Crippen molar-refractivity contribution in [3.05, 3.63) is 35.4 Å². The molecule has 0 aliphatic heterocycles. The van der Waals surface area contributed by atoms with Crippen LogP contribution in [0.15, 0.2) is 18.2 Å². The highest BCUT2D eigenvalue weighted by atomic mass is 19.1. The van der Waals surface area contributed by atoms with Crippen LogP contribution < -0.4 is 5.32 Å². The molecule has 2 rings (SSSR count). The summed E-state index contributed by atoms with van der Waals surface area (Å²) in [6, 6.07) is 4.04. The SMILES string of the molecule is CCOC1CC(NCc2ccc(F)cc2F)C1(C)CC. The zero-order valence-corrected chi connectivity index (χ0v) is 12.4. The van der Waals surface area contributed by atoms with Crippen LogP contribution in [0, 0.1) is 17.0 Å². The third kappa shape index (κ3) is 2.86. The molecule has 0 spiro atoms. The van der Waals surface area contributed by atoms with Gasteiger partial charge in [-0.05, 0) is 25.8 Å². The molecule has 2 nitrogen and oxygen atoms in total. The van der Waals surface area contributed by atoms with Gasteiger partial charge in [0.1, 0.15) is 11.6 Å². The first-order valence-corrected chi connectivity index (χ1v) is 7.30. The first-order chi connectivity index (χ1) is 9.51. The maximum Gasteiger partial charge on any atom is 0.130 e. The predicted octanol–water partition coefficient (Wildman–Crippen LogP) is 3.65. The number of hydrogen-bond donors (Lipinski definition) is 1. The van der Waals surface area contributed by atoms with E-state index in [4.69, 9.17) is 4.74 Å². The van der Waals surface area contributed by atoms with E-state index in [9.17, 15) is 8.78 Å². The van der Waals surface area contributed by atoms with Gasteiger partial charge in [0.05, 0.1) is 6.10 Å². The van der Waals surface area contributed by atoms with Gasteiger partial charge in [0, 0.05) is 36.2 Å². The summed E-state index contributed by atoms with van der Waals surface area (Å²) < 4.78 is 32.2. The van der Waals surface area contributed by atoms with E-state index in [0.717, 1.165) is 25.5 Å². The number of rotatable bonds is 6. The molecule has 0 radical (unpaired) electrons. The molecule has 0 amide bonds. The Morgan fingerprint density at radius 1 is 1.35 bits per heavy atom. The van der Waals surface area contributed by atoms with Crippen molar-refractivity contribution in [3.8, 4) is 0 Å². The van der Waals surface area contributed by atoms with Gasteiger partial charge in [0.2, 0.25) is 0 Å². The first-order valence-electron chi connectivity index (χ1n) is 7.30. The standard InChI is InChI=1S/C16H23F2NO/c1-4-16(3)14(9-15(16)20-5-2)19-10-11-6-7-12(17)8-13(11)18/h6-8,14-15,19H,4-5,9-10H2,1-3H3. The molecule has 20 heavy (non-hydrogen) atoms. The van der Waals surface area contributed by atoms with Crippen molar-refractivity contribution >= 4 is 0 Å². The summed E-state index contributed by atoms with van der Waals surface area (Å²) in [4.78, 5) is 0. The molecule has 112 valence electrons. The van der Waals surface area contributed by atoms with Crippen LogP contribution in [0.1, 0.15) is 39.2 Å². The highest BCUT2D eigenvalue weighted by Crippen LogP contribution is 2.45. The fourth-order valence-corrected chi connectivity index (χ4v) is 2.96. The molecule has 1 N–H and O–H groups in total. The van der Waals surface area contributed by atoms with Crippen molar-refractivity contribution in [1.82, 2.24) is 5.32 Å². The van der Waals surface area contributed by atoms with E-state index < -0.39 is 11.6 Å². The van der Waals surface area contributed by atoms with Crippen LogP contribution in [0.4, 0.5) is 8.78 Å². The molecule has 1 aliphatic carbocycles. The van der Waals surface area contributed by atoms with Gasteiger partial charge in [-0.15, -0.1) is 0 Å². The summed E-state index contributed by atoms with van der Waals surface area (Å²) in [6.07, 6.45) is 2.23. The predicted molar refractivity (Wildman–Crippen MR) is 75.4 cm³/mol. The molecule has 1 fully saturated rings. The van der Waals surface area contributed by atoms with E-state index in [-0.39, 0.29) is 11.5 Å². The highest BCUT2D eigenvalue weighted by molar-refractivity contribution is 5.19. The van der Waals surface area contributed by atoms with E-state index >= 15 is 0 Å². The molecule has 1 aromatic carbocycles. The highest BCUT2D eigenvalue weighted by Gasteiger charge is 2.50. The van der Waals surface area contributed by atoms with Gasteiger partial charge in [0.15, 0.2) is 0 Å². The van der Waals surface area contributed by atoms with Crippen molar-refractivity contribution < 1.29 is 13.5 Å². The third-order valence-electron chi connectivity index (χ3n) is 4.67. The zero-order chi connectivity index (χ0) is 14.8. The second-order valence-electron chi connectivity index (χ2n) is 5.71. The lowest BCUT2D eigenvalue weighted by atomic mass is 9.61. The minimum Gasteiger partial charge on any atom is -0.378 e. The van der Waals surface area contributed by atoms with Gasteiger partial charge >= 0.3 is 0 Å².